The molecule has 1 rings (SSSR count). The van der Waals surface area contributed by atoms with E-state index in [2.05, 4.69) is 32.9 Å². The molecule has 0 saturated heterocycles. The Hall–Kier alpha value is -0.440. The van der Waals surface area contributed by atoms with E-state index in [0.717, 1.165) is 63.2 Å². The van der Waals surface area contributed by atoms with Crippen molar-refractivity contribution in [3.8, 4) is 0 Å². The van der Waals surface area contributed by atoms with Crippen LogP contribution < -0.4 is 0 Å². The zero-order valence-corrected chi connectivity index (χ0v) is 18.2. The van der Waals surface area contributed by atoms with Crippen LogP contribution in [0.25, 0.3) is 0 Å². The third-order valence-corrected chi connectivity index (χ3v) is 13.3. The first-order valence-corrected chi connectivity index (χ1v) is 14.5. The van der Waals surface area contributed by atoms with Gasteiger partial charge >= 0.3 is 155 Å². The van der Waals surface area contributed by atoms with Crippen LogP contribution in [0, 0.1) is 0 Å². The summed E-state index contributed by atoms with van der Waals surface area (Å²) in [7, 11) is -3.49. The van der Waals surface area contributed by atoms with Crippen molar-refractivity contribution in [3.63, 3.8) is 0 Å². The molecule has 0 aliphatic rings. The summed E-state index contributed by atoms with van der Waals surface area (Å²) in [5.41, 5.74) is 1.21. The molecule has 0 heterocycles. The summed E-state index contributed by atoms with van der Waals surface area (Å²) < 4.78 is 30.9. The molecule has 0 radical (unpaired) electrons. The normalized spacial score (nSPS) is 14.2. The Morgan fingerprint density at radius 1 is 0.840 bits per heavy atom. The van der Waals surface area contributed by atoms with Gasteiger partial charge < -0.3 is 0 Å². The zero-order valence-electron chi connectivity index (χ0n) is 16.5. The molecule has 0 bridgehead atoms. The van der Waals surface area contributed by atoms with E-state index < -0.39 is 16.9 Å². The third-order valence-electron chi connectivity index (χ3n) is 5.00. The van der Waals surface area contributed by atoms with Crippen LogP contribution >= 0.6 is 6.83 Å². The van der Waals surface area contributed by atoms with E-state index in [1.807, 2.05) is 18.2 Å². The van der Waals surface area contributed by atoms with Crippen molar-refractivity contribution in [3.05, 3.63) is 35.9 Å². The van der Waals surface area contributed by atoms with E-state index in [1.54, 1.807) is 0 Å². The van der Waals surface area contributed by atoms with Crippen LogP contribution in [0.1, 0.15) is 64.9 Å². The Labute approximate surface area is 155 Å². The minimum atomic E-state index is -3.49. The van der Waals surface area contributed by atoms with Gasteiger partial charge in [0.15, 0.2) is 0 Å². The zero-order chi connectivity index (χ0) is 18.8. The summed E-state index contributed by atoms with van der Waals surface area (Å²) in [5.74, 6) is 0. The van der Waals surface area contributed by atoms with Gasteiger partial charge in [-0.05, 0) is 0 Å². The van der Waals surface area contributed by atoms with Gasteiger partial charge in [-0.25, -0.2) is 0 Å². The quantitative estimate of drug-likeness (QED) is 0.387. The van der Waals surface area contributed by atoms with Crippen LogP contribution in [-0.4, -0.2) is 33.2 Å². The van der Waals surface area contributed by atoms with Gasteiger partial charge in [-0.15, -0.1) is 0 Å². The molecule has 0 saturated carbocycles. The first kappa shape index (κ1) is 22.6. The molecule has 0 unspecified atom stereocenters. The molecule has 0 spiro atoms. The summed E-state index contributed by atoms with van der Waals surface area (Å²) >= 11 is 0. The predicted molar refractivity (Wildman–Crippen MR) is 112 cm³/mol. The Morgan fingerprint density at radius 3 is 1.64 bits per heavy atom. The standard InChI is InChI=1S/C20H37O3PS/c1-5-8-16-24(17-9-6-2,18-10-7-3,23-25(4,21)22)19-20-14-12-11-13-15-20/h11-15H,5-10,16-19H2,1-4H3. The fraction of sp³-hybridized carbons (Fsp3) is 0.700. The second-order valence-electron chi connectivity index (χ2n) is 7.51. The van der Waals surface area contributed by atoms with Crippen LogP contribution in [-0.2, 0) is 20.3 Å². The van der Waals surface area contributed by atoms with Crippen LogP contribution in [0.15, 0.2) is 30.3 Å². The van der Waals surface area contributed by atoms with Crippen molar-refractivity contribution in [2.75, 3.05) is 24.7 Å². The van der Waals surface area contributed by atoms with Crippen LogP contribution in [0.4, 0.5) is 0 Å². The molecule has 1 aromatic rings. The Balaban J connectivity index is 3.44. The Morgan fingerprint density at radius 2 is 1.28 bits per heavy atom. The van der Waals surface area contributed by atoms with E-state index in [4.69, 9.17) is 3.97 Å². The van der Waals surface area contributed by atoms with Gasteiger partial charge in [-0.3, -0.25) is 0 Å². The topological polar surface area (TPSA) is 43.4 Å². The average molecular weight is 389 g/mol. The van der Waals surface area contributed by atoms with Crippen molar-refractivity contribution in [1.29, 1.82) is 0 Å². The van der Waals surface area contributed by atoms with E-state index in [1.165, 1.54) is 11.8 Å². The van der Waals surface area contributed by atoms with Crippen molar-refractivity contribution >= 4 is 16.9 Å². The van der Waals surface area contributed by atoms with Crippen LogP contribution in [0.3, 0.4) is 0 Å². The van der Waals surface area contributed by atoms with Gasteiger partial charge in [0, 0.05) is 0 Å². The SMILES string of the molecule is CCCCP(CCCC)(CCCC)(Cc1ccccc1)OS(C)(=O)=O. The molecular weight excluding hydrogens is 351 g/mol. The fourth-order valence-corrected chi connectivity index (χ4v) is 13.6. The Bertz CT molecular complexity index is 574. The van der Waals surface area contributed by atoms with E-state index in [-0.39, 0.29) is 0 Å². The van der Waals surface area contributed by atoms with Crippen molar-refractivity contribution < 1.29 is 12.4 Å². The molecule has 0 aliphatic carbocycles. The summed E-state index contributed by atoms with van der Waals surface area (Å²) in [6, 6.07) is 10.3. The number of unbranched alkanes of at least 4 members (excludes halogenated alkanes) is 3. The average Bonchev–Trinajstić information content (AvgIpc) is 2.56. The van der Waals surface area contributed by atoms with Crippen LogP contribution in [0.2, 0.25) is 0 Å². The predicted octanol–water partition coefficient (Wildman–Crippen LogP) is 6.03. The molecule has 146 valence electrons. The number of rotatable bonds is 13. The molecule has 0 atom stereocenters. The van der Waals surface area contributed by atoms with Crippen molar-refractivity contribution in [2.45, 2.75) is 65.5 Å². The maximum atomic E-state index is 12.3. The molecule has 0 aliphatic heterocycles. The first-order chi connectivity index (χ1) is 11.8. The van der Waals surface area contributed by atoms with Crippen molar-refractivity contribution in [1.82, 2.24) is 0 Å². The number of hydrogen-bond acceptors (Lipinski definition) is 3. The van der Waals surface area contributed by atoms with Gasteiger partial charge in [-0.1, -0.05) is 0 Å². The number of benzene rings is 1. The molecular formula is C20H37O3PS. The van der Waals surface area contributed by atoms with Gasteiger partial charge in [0.1, 0.15) is 0 Å². The molecule has 5 heteroatoms. The van der Waals surface area contributed by atoms with Gasteiger partial charge in [0.05, 0.1) is 0 Å². The summed E-state index contributed by atoms with van der Waals surface area (Å²) in [5, 5.41) is 0. The first-order valence-electron chi connectivity index (χ1n) is 9.74. The molecule has 1 aromatic carbocycles. The van der Waals surface area contributed by atoms with E-state index in [0.29, 0.717) is 0 Å². The maximum absolute atomic E-state index is 12.3. The van der Waals surface area contributed by atoms with Gasteiger partial charge in [0.2, 0.25) is 0 Å². The van der Waals surface area contributed by atoms with E-state index >= 15 is 0 Å². The minimum absolute atomic E-state index is 0.791. The molecule has 0 aromatic heterocycles. The fourth-order valence-electron chi connectivity index (χ4n) is 3.81. The molecule has 0 N–H and O–H groups in total. The molecule has 25 heavy (non-hydrogen) atoms. The number of hydrogen-bond donors (Lipinski definition) is 0. The third kappa shape index (κ3) is 7.37. The summed E-state index contributed by atoms with van der Waals surface area (Å²) in [6.07, 6.45) is 11.1. The summed E-state index contributed by atoms with van der Waals surface area (Å²) in [6.45, 7) is 3.65. The van der Waals surface area contributed by atoms with E-state index in [9.17, 15) is 8.42 Å². The van der Waals surface area contributed by atoms with Crippen molar-refractivity contribution in [2.24, 2.45) is 0 Å². The molecule has 0 amide bonds. The second-order valence-corrected chi connectivity index (χ2v) is 14.9. The Kier molecular flexibility index (Phi) is 9.08. The molecule has 0 fully saturated rings. The van der Waals surface area contributed by atoms with Crippen LogP contribution in [0.5, 0.6) is 0 Å². The summed E-state index contributed by atoms with van der Waals surface area (Å²) in [4.78, 5) is 0. The van der Waals surface area contributed by atoms with Gasteiger partial charge in [-0.2, -0.15) is 0 Å². The molecule has 3 nitrogen and oxygen atoms in total. The monoisotopic (exact) mass is 388 g/mol. The second kappa shape index (κ2) is 10.0. The van der Waals surface area contributed by atoms with Gasteiger partial charge in [0.25, 0.3) is 0 Å².